The van der Waals surface area contributed by atoms with Gasteiger partial charge in [0.25, 0.3) is 0 Å². The second-order valence-corrected chi connectivity index (χ2v) is 5.80. The normalized spacial score (nSPS) is 13.6. The van der Waals surface area contributed by atoms with Crippen LogP contribution in [-0.4, -0.2) is 13.7 Å². The molecule has 1 unspecified atom stereocenters. The van der Waals surface area contributed by atoms with Crippen molar-refractivity contribution in [2.24, 2.45) is 5.73 Å². The highest BCUT2D eigenvalue weighted by Gasteiger charge is 2.21. The highest BCUT2D eigenvalue weighted by molar-refractivity contribution is 5.46. The van der Waals surface area contributed by atoms with E-state index in [4.69, 9.17) is 10.5 Å². The Morgan fingerprint density at radius 3 is 2.29 bits per heavy atom. The van der Waals surface area contributed by atoms with Crippen LogP contribution in [0.3, 0.4) is 0 Å². The molecule has 1 rings (SSSR count). The molecule has 0 amide bonds. The van der Waals surface area contributed by atoms with E-state index in [2.05, 4.69) is 46.8 Å². The van der Waals surface area contributed by atoms with Gasteiger partial charge in [-0.3, -0.25) is 0 Å². The average molecular weight is 235 g/mol. The quantitative estimate of drug-likeness (QED) is 0.872. The highest BCUT2D eigenvalue weighted by Crippen LogP contribution is 2.35. The molecule has 2 nitrogen and oxygen atoms in total. The van der Waals surface area contributed by atoms with E-state index < -0.39 is 0 Å². The number of hydrogen-bond acceptors (Lipinski definition) is 2. The minimum absolute atomic E-state index is 0.0978. The summed E-state index contributed by atoms with van der Waals surface area (Å²) in [5, 5.41) is 0. The first-order valence-corrected chi connectivity index (χ1v) is 6.20. The van der Waals surface area contributed by atoms with Gasteiger partial charge in [0.1, 0.15) is 5.75 Å². The first-order valence-electron chi connectivity index (χ1n) is 6.20. The maximum absolute atomic E-state index is 5.75. The number of nitrogens with two attached hydrogens (primary N) is 1. The van der Waals surface area contributed by atoms with E-state index in [-0.39, 0.29) is 5.41 Å². The summed E-state index contributed by atoms with van der Waals surface area (Å²) in [6.45, 7) is 11.6. The van der Waals surface area contributed by atoms with Gasteiger partial charge in [-0.05, 0) is 47.6 Å². The van der Waals surface area contributed by atoms with Crippen LogP contribution in [0, 0.1) is 6.92 Å². The molecule has 0 spiro atoms. The summed E-state index contributed by atoms with van der Waals surface area (Å²) in [5.74, 6) is 1.34. The van der Waals surface area contributed by atoms with Crippen molar-refractivity contribution < 1.29 is 4.74 Å². The van der Waals surface area contributed by atoms with Gasteiger partial charge in [0, 0.05) is 0 Å². The molecular formula is C15H25NO. The molecule has 0 fully saturated rings. The van der Waals surface area contributed by atoms with Crippen molar-refractivity contribution in [2.75, 3.05) is 13.7 Å². The third-order valence-corrected chi connectivity index (χ3v) is 3.28. The summed E-state index contributed by atoms with van der Waals surface area (Å²) in [6.07, 6.45) is 0. The highest BCUT2D eigenvalue weighted by atomic mass is 16.5. The molecule has 1 atom stereocenters. The predicted octanol–water partition coefficient (Wildman–Crippen LogP) is 3.36. The van der Waals surface area contributed by atoms with Crippen LogP contribution in [-0.2, 0) is 5.41 Å². The van der Waals surface area contributed by atoms with Gasteiger partial charge in [0.2, 0.25) is 0 Å². The number of aryl methyl sites for hydroxylation is 1. The summed E-state index contributed by atoms with van der Waals surface area (Å²) in [4.78, 5) is 0. The van der Waals surface area contributed by atoms with E-state index in [1.165, 1.54) is 16.7 Å². The van der Waals surface area contributed by atoms with Crippen molar-refractivity contribution in [2.45, 2.75) is 46.0 Å². The van der Waals surface area contributed by atoms with Crippen LogP contribution in [0.2, 0.25) is 0 Å². The molecule has 0 aliphatic rings. The fraction of sp³-hybridized carbons (Fsp3) is 0.600. The van der Waals surface area contributed by atoms with E-state index in [1.807, 2.05) is 0 Å². The first kappa shape index (κ1) is 14.0. The van der Waals surface area contributed by atoms with Crippen LogP contribution in [0.15, 0.2) is 12.1 Å². The topological polar surface area (TPSA) is 35.2 Å². The monoisotopic (exact) mass is 235 g/mol. The molecule has 1 aromatic rings. The lowest BCUT2D eigenvalue weighted by molar-refractivity contribution is 0.396. The van der Waals surface area contributed by atoms with Gasteiger partial charge >= 0.3 is 0 Å². The molecule has 0 aliphatic heterocycles. The second-order valence-electron chi connectivity index (χ2n) is 5.80. The van der Waals surface area contributed by atoms with Gasteiger partial charge in [-0.25, -0.2) is 0 Å². The van der Waals surface area contributed by atoms with Crippen molar-refractivity contribution in [1.82, 2.24) is 0 Å². The van der Waals surface area contributed by atoms with Crippen LogP contribution in [0.25, 0.3) is 0 Å². The Morgan fingerprint density at radius 2 is 1.88 bits per heavy atom. The van der Waals surface area contributed by atoms with Crippen molar-refractivity contribution in [3.63, 3.8) is 0 Å². The second kappa shape index (κ2) is 5.09. The van der Waals surface area contributed by atoms with E-state index in [0.717, 1.165) is 5.75 Å². The average Bonchev–Trinajstić information content (AvgIpc) is 2.26. The molecule has 0 saturated carbocycles. The predicted molar refractivity (Wildman–Crippen MR) is 73.9 cm³/mol. The van der Waals surface area contributed by atoms with Crippen molar-refractivity contribution in [3.05, 3.63) is 28.8 Å². The maximum atomic E-state index is 5.75. The van der Waals surface area contributed by atoms with Crippen LogP contribution in [0.4, 0.5) is 0 Å². The summed E-state index contributed by atoms with van der Waals surface area (Å²) in [7, 11) is 1.73. The van der Waals surface area contributed by atoms with E-state index in [0.29, 0.717) is 12.5 Å². The van der Waals surface area contributed by atoms with Crippen molar-refractivity contribution >= 4 is 0 Å². The Kier molecular flexibility index (Phi) is 4.21. The Morgan fingerprint density at radius 1 is 1.29 bits per heavy atom. The molecule has 96 valence electrons. The Hall–Kier alpha value is -1.02. The lowest BCUT2D eigenvalue weighted by Gasteiger charge is -2.25. The summed E-state index contributed by atoms with van der Waals surface area (Å²) >= 11 is 0. The Balaban J connectivity index is 3.35. The summed E-state index contributed by atoms with van der Waals surface area (Å²) in [6, 6.07) is 4.38. The van der Waals surface area contributed by atoms with Gasteiger partial charge in [-0.15, -0.1) is 0 Å². The van der Waals surface area contributed by atoms with E-state index in [9.17, 15) is 0 Å². The van der Waals surface area contributed by atoms with Crippen LogP contribution in [0.5, 0.6) is 5.75 Å². The Bertz CT molecular complexity index is 391. The smallest absolute Gasteiger partial charge is 0.122 e. The molecule has 0 saturated heterocycles. The van der Waals surface area contributed by atoms with E-state index in [1.54, 1.807) is 7.11 Å². The van der Waals surface area contributed by atoms with Gasteiger partial charge in [-0.2, -0.15) is 0 Å². The number of ether oxygens (including phenoxy) is 1. The minimum Gasteiger partial charge on any atom is -0.496 e. The van der Waals surface area contributed by atoms with Gasteiger partial charge in [0.05, 0.1) is 7.11 Å². The van der Waals surface area contributed by atoms with Gasteiger partial charge in [0.15, 0.2) is 0 Å². The summed E-state index contributed by atoms with van der Waals surface area (Å²) < 4.78 is 5.52. The van der Waals surface area contributed by atoms with Crippen LogP contribution in [0.1, 0.15) is 50.3 Å². The third kappa shape index (κ3) is 3.01. The third-order valence-electron chi connectivity index (χ3n) is 3.28. The number of benzene rings is 1. The fourth-order valence-corrected chi connectivity index (χ4v) is 2.12. The van der Waals surface area contributed by atoms with Gasteiger partial charge < -0.3 is 10.5 Å². The molecule has 0 aromatic heterocycles. The molecule has 0 radical (unpaired) electrons. The Labute approximate surface area is 105 Å². The number of hydrogen-bond donors (Lipinski definition) is 1. The molecule has 2 N–H and O–H groups in total. The van der Waals surface area contributed by atoms with Gasteiger partial charge in [-0.1, -0.05) is 33.8 Å². The molecule has 0 heterocycles. The lowest BCUT2D eigenvalue weighted by Crippen LogP contribution is -2.15. The zero-order valence-corrected chi connectivity index (χ0v) is 11.9. The zero-order valence-electron chi connectivity index (χ0n) is 11.9. The molecule has 17 heavy (non-hydrogen) atoms. The lowest BCUT2D eigenvalue weighted by atomic mass is 9.83. The molecule has 1 aromatic carbocycles. The molecular weight excluding hydrogens is 210 g/mol. The van der Waals surface area contributed by atoms with Crippen molar-refractivity contribution in [1.29, 1.82) is 0 Å². The first-order chi connectivity index (χ1) is 7.81. The SMILES string of the molecule is COc1cc(C(C)CN)c(C)cc1C(C)(C)C. The standard InChI is InChI=1S/C15H25NO/c1-10-7-13(15(3,4)5)14(17-6)8-12(10)11(2)9-16/h7-8,11H,9,16H2,1-6H3. The fourth-order valence-electron chi connectivity index (χ4n) is 2.12. The number of methoxy groups -OCH3 is 1. The van der Waals surface area contributed by atoms with E-state index >= 15 is 0 Å². The molecule has 0 aliphatic carbocycles. The largest absolute Gasteiger partial charge is 0.496 e. The summed E-state index contributed by atoms with van der Waals surface area (Å²) in [5.41, 5.74) is 9.69. The van der Waals surface area contributed by atoms with Crippen LogP contribution < -0.4 is 10.5 Å². The maximum Gasteiger partial charge on any atom is 0.122 e. The van der Waals surface area contributed by atoms with Crippen LogP contribution >= 0.6 is 0 Å². The minimum atomic E-state index is 0.0978. The number of rotatable bonds is 3. The van der Waals surface area contributed by atoms with Crippen molar-refractivity contribution in [3.8, 4) is 5.75 Å². The molecule has 2 heteroatoms. The zero-order chi connectivity index (χ0) is 13.2. The molecule has 0 bridgehead atoms.